The van der Waals surface area contributed by atoms with Gasteiger partial charge in [0, 0.05) is 12.1 Å². The Morgan fingerprint density at radius 3 is 1.33 bits per heavy atom. The number of hydrogen-bond donors (Lipinski definition) is 1. The van der Waals surface area contributed by atoms with E-state index < -0.39 is 0 Å². The van der Waals surface area contributed by atoms with E-state index in [1.807, 2.05) is 27.7 Å². The summed E-state index contributed by atoms with van der Waals surface area (Å²) < 4.78 is 0. The molecule has 0 aliphatic carbocycles. The van der Waals surface area contributed by atoms with Gasteiger partial charge < -0.3 is 5.32 Å². The predicted molar refractivity (Wildman–Crippen MR) is 58.6 cm³/mol. The number of rotatable bonds is 0. The molecule has 1 rings (SSSR count). The van der Waals surface area contributed by atoms with Crippen molar-refractivity contribution in [3.8, 4) is 0 Å². The van der Waals surface area contributed by atoms with Crippen LogP contribution in [-0.2, 0) is 0 Å². The van der Waals surface area contributed by atoms with E-state index in [9.17, 15) is 0 Å². The minimum atomic E-state index is 0.763. The molecule has 0 spiro atoms. The standard InChI is InChI=1S/C7H15N.2C2H6/c1-6-4-3-5-7(2)8-6;2*1-2/h6-8H,3-5H2,1-2H3;2*1-2H3. The normalized spacial score (nSPS) is 27.5. The van der Waals surface area contributed by atoms with E-state index in [2.05, 4.69) is 19.2 Å². The molecular formula is C11H27N. The zero-order valence-electron chi connectivity index (χ0n) is 9.78. The van der Waals surface area contributed by atoms with Crippen LogP contribution in [0.4, 0.5) is 0 Å². The van der Waals surface area contributed by atoms with Crippen molar-refractivity contribution in [3.63, 3.8) is 0 Å². The third-order valence-corrected chi connectivity index (χ3v) is 1.84. The summed E-state index contributed by atoms with van der Waals surface area (Å²) in [5, 5.41) is 3.48. The summed E-state index contributed by atoms with van der Waals surface area (Å²) in [6.45, 7) is 12.5. The molecule has 76 valence electrons. The van der Waals surface area contributed by atoms with Gasteiger partial charge in [0.05, 0.1) is 0 Å². The molecule has 2 unspecified atom stereocenters. The second-order valence-electron chi connectivity index (χ2n) is 2.90. The van der Waals surface area contributed by atoms with Crippen LogP contribution in [0.5, 0.6) is 0 Å². The molecule has 0 aromatic rings. The van der Waals surface area contributed by atoms with E-state index in [0.717, 1.165) is 12.1 Å². The monoisotopic (exact) mass is 173 g/mol. The van der Waals surface area contributed by atoms with Crippen LogP contribution >= 0.6 is 0 Å². The van der Waals surface area contributed by atoms with Crippen LogP contribution in [-0.4, -0.2) is 12.1 Å². The molecule has 1 heterocycles. The van der Waals surface area contributed by atoms with Gasteiger partial charge in [0.15, 0.2) is 0 Å². The fourth-order valence-electron chi connectivity index (χ4n) is 1.38. The van der Waals surface area contributed by atoms with E-state index in [1.165, 1.54) is 19.3 Å². The lowest BCUT2D eigenvalue weighted by Crippen LogP contribution is -2.38. The van der Waals surface area contributed by atoms with Crippen LogP contribution in [0.15, 0.2) is 0 Å². The summed E-state index contributed by atoms with van der Waals surface area (Å²) in [6.07, 6.45) is 4.14. The third kappa shape index (κ3) is 8.06. The Balaban J connectivity index is 0. The zero-order chi connectivity index (χ0) is 9.98. The fraction of sp³-hybridized carbons (Fsp3) is 1.00. The quantitative estimate of drug-likeness (QED) is 0.590. The van der Waals surface area contributed by atoms with Gasteiger partial charge in [-0.3, -0.25) is 0 Å². The first-order valence-corrected chi connectivity index (χ1v) is 5.55. The number of hydrogen-bond acceptors (Lipinski definition) is 1. The Labute approximate surface area is 78.9 Å². The SMILES string of the molecule is CC.CC.CC1CCCC(C)N1. The van der Waals surface area contributed by atoms with E-state index in [-0.39, 0.29) is 0 Å². The second-order valence-corrected chi connectivity index (χ2v) is 2.90. The van der Waals surface area contributed by atoms with Crippen molar-refractivity contribution in [2.45, 2.75) is 72.9 Å². The summed E-state index contributed by atoms with van der Waals surface area (Å²) in [4.78, 5) is 0. The lowest BCUT2D eigenvalue weighted by Gasteiger charge is -2.25. The maximum Gasteiger partial charge on any atom is 0.00412 e. The maximum absolute atomic E-state index is 3.48. The first-order chi connectivity index (χ1) is 5.79. The molecule has 1 N–H and O–H groups in total. The van der Waals surface area contributed by atoms with Gasteiger partial charge >= 0.3 is 0 Å². The van der Waals surface area contributed by atoms with Crippen molar-refractivity contribution < 1.29 is 0 Å². The molecule has 0 aromatic carbocycles. The van der Waals surface area contributed by atoms with Gasteiger partial charge in [-0.1, -0.05) is 34.1 Å². The van der Waals surface area contributed by atoms with Crippen LogP contribution in [0.25, 0.3) is 0 Å². The molecule has 1 heteroatoms. The Morgan fingerprint density at radius 1 is 0.833 bits per heavy atom. The van der Waals surface area contributed by atoms with Gasteiger partial charge in [-0.2, -0.15) is 0 Å². The molecule has 2 atom stereocenters. The largest absolute Gasteiger partial charge is 0.312 e. The van der Waals surface area contributed by atoms with Gasteiger partial charge in [0.1, 0.15) is 0 Å². The summed E-state index contributed by atoms with van der Waals surface area (Å²) in [5.41, 5.74) is 0. The Kier molecular flexibility index (Phi) is 13.2. The molecule has 1 fully saturated rings. The lowest BCUT2D eigenvalue weighted by atomic mass is 10.0. The zero-order valence-corrected chi connectivity index (χ0v) is 9.78. The molecule has 0 bridgehead atoms. The molecule has 12 heavy (non-hydrogen) atoms. The van der Waals surface area contributed by atoms with Crippen molar-refractivity contribution in [2.24, 2.45) is 0 Å². The Bertz CT molecular complexity index is 63.4. The first kappa shape index (κ1) is 14.5. The van der Waals surface area contributed by atoms with Gasteiger partial charge in [0.25, 0.3) is 0 Å². The molecule has 1 aliphatic heterocycles. The fourth-order valence-corrected chi connectivity index (χ4v) is 1.38. The second kappa shape index (κ2) is 11.0. The lowest BCUT2D eigenvalue weighted by molar-refractivity contribution is 0.352. The molecule has 1 aliphatic rings. The van der Waals surface area contributed by atoms with Crippen LogP contribution in [0.3, 0.4) is 0 Å². The summed E-state index contributed by atoms with van der Waals surface area (Å²) >= 11 is 0. The van der Waals surface area contributed by atoms with Crippen molar-refractivity contribution in [2.75, 3.05) is 0 Å². The van der Waals surface area contributed by atoms with E-state index >= 15 is 0 Å². The highest BCUT2D eigenvalue weighted by molar-refractivity contribution is 4.73. The van der Waals surface area contributed by atoms with Crippen molar-refractivity contribution >= 4 is 0 Å². The minimum absolute atomic E-state index is 0.763. The third-order valence-electron chi connectivity index (χ3n) is 1.84. The van der Waals surface area contributed by atoms with Crippen LogP contribution < -0.4 is 5.32 Å². The molecule has 0 aromatic heterocycles. The highest BCUT2D eigenvalue weighted by atomic mass is 14.9. The van der Waals surface area contributed by atoms with Gasteiger partial charge in [-0.15, -0.1) is 0 Å². The van der Waals surface area contributed by atoms with Crippen LogP contribution in [0, 0.1) is 0 Å². The Hall–Kier alpha value is -0.0400. The topological polar surface area (TPSA) is 12.0 Å². The van der Waals surface area contributed by atoms with Crippen molar-refractivity contribution in [1.29, 1.82) is 0 Å². The molecular weight excluding hydrogens is 146 g/mol. The van der Waals surface area contributed by atoms with Gasteiger partial charge in [-0.25, -0.2) is 0 Å². The summed E-state index contributed by atoms with van der Waals surface area (Å²) in [7, 11) is 0. The molecule has 0 radical (unpaired) electrons. The summed E-state index contributed by atoms with van der Waals surface area (Å²) in [6, 6.07) is 1.53. The predicted octanol–water partition coefficient (Wildman–Crippen LogP) is 3.59. The first-order valence-electron chi connectivity index (χ1n) is 5.55. The number of nitrogens with one attached hydrogen (secondary N) is 1. The average molecular weight is 173 g/mol. The van der Waals surface area contributed by atoms with E-state index in [4.69, 9.17) is 0 Å². The van der Waals surface area contributed by atoms with Gasteiger partial charge in [0.2, 0.25) is 0 Å². The van der Waals surface area contributed by atoms with Crippen LogP contribution in [0.1, 0.15) is 60.8 Å². The van der Waals surface area contributed by atoms with Crippen LogP contribution in [0.2, 0.25) is 0 Å². The minimum Gasteiger partial charge on any atom is -0.312 e. The molecule has 1 saturated heterocycles. The molecule has 0 amide bonds. The average Bonchev–Trinajstić information content (AvgIpc) is 2.11. The van der Waals surface area contributed by atoms with E-state index in [1.54, 1.807) is 0 Å². The maximum atomic E-state index is 3.48. The van der Waals surface area contributed by atoms with Gasteiger partial charge in [-0.05, 0) is 26.7 Å². The molecule has 0 saturated carbocycles. The molecule has 1 nitrogen and oxygen atoms in total. The van der Waals surface area contributed by atoms with E-state index in [0.29, 0.717) is 0 Å². The highest BCUT2D eigenvalue weighted by Gasteiger charge is 2.11. The highest BCUT2D eigenvalue weighted by Crippen LogP contribution is 2.10. The van der Waals surface area contributed by atoms with Crippen molar-refractivity contribution in [1.82, 2.24) is 5.32 Å². The Morgan fingerprint density at radius 2 is 1.17 bits per heavy atom. The summed E-state index contributed by atoms with van der Waals surface area (Å²) in [5.74, 6) is 0. The smallest absolute Gasteiger partial charge is 0.00412 e. The van der Waals surface area contributed by atoms with Crippen molar-refractivity contribution in [3.05, 3.63) is 0 Å². The number of piperidine rings is 1.